The van der Waals surface area contributed by atoms with Crippen LogP contribution in [0.4, 0.5) is 5.69 Å². The number of hydrogen-bond donors (Lipinski definition) is 2. The Kier molecular flexibility index (Phi) is 6.27. The molecule has 7 heteroatoms. The molecule has 4 rings (SSSR count). The molecule has 1 saturated heterocycles. The van der Waals surface area contributed by atoms with Gasteiger partial charge in [-0.3, -0.25) is 9.59 Å². The van der Waals surface area contributed by atoms with Crippen molar-refractivity contribution in [2.24, 2.45) is 17.1 Å². The van der Waals surface area contributed by atoms with Gasteiger partial charge in [-0.1, -0.05) is 37.0 Å². The van der Waals surface area contributed by atoms with Crippen LogP contribution in [0, 0.1) is 11.3 Å². The van der Waals surface area contributed by atoms with Crippen LogP contribution in [0.25, 0.3) is 0 Å². The lowest BCUT2D eigenvalue weighted by atomic mass is 9.64. The zero-order valence-corrected chi connectivity index (χ0v) is 20.0. The first-order valence-electron chi connectivity index (χ1n) is 11.1. The van der Waals surface area contributed by atoms with Gasteiger partial charge in [0.25, 0.3) is 11.8 Å². The van der Waals surface area contributed by atoms with Gasteiger partial charge in [-0.2, -0.15) is 0 Å². The summed E-state index contributed by atoms with van der Waals surface area (Å²) in [5.41, 5.74) is 8.05. The van der Waals surface area contributed by atoms with Gasteiger partial charge in [0.15, 0.2) is 0 Å². The van der Waals surface area contributed by atoms with E-state index in [9.17, 15) is 9.59 Å². The van der Waals surface area contributed by atoms with E-state index >= 15 is 0 Å². The molecule has 2 amide bonds. The van der Waals surface area contributed by atoms with E-state index in [0.717, 1.165) is 32.1 Å². The molecule has 0 unspecified atom stereocenters. The summed E-state index contributed by atoms with van der Waals surface area (Å²) in [7, 11) is 0. The number of carbonyl (C=O) groups is 2. The highest BCUT2D eigenvalue weighted by Gasteiger charge is 2.50. The first-order chi connectivity index (χ1) is 15.1. The van der Waals surface area contributed by atoms with Crippen molar-refractivity contribution in [3.8, 4) is 0 Å². The van der Waals surface area contributed by atoms with Crippen LogP contribution in [0.3, 0.4) is 0 Å². The quantitative estimate of drug-likeness (QED) is 0.576. The van der Waals surface area contributed by atoms with E-state index in [1.807, 2.05) is 4.90 Å². The number of hydrogen-bond acceptors (Lipinski definition) is 3. The second kappa shape index (κ2) is 8.69. The molecule has 2 aromatic rings. The predicted molar refractivity (Wildman–Crippen MR) is 129 cm³/mol. The summed E-state index contributed by atoms with van der Waals surface area (Å²) < 4.78 is 0. The molecule has 170 valence electrons. The van der Waals surface area contributed by atoms with Crippen LogP contribution in [0.15, 0.2) is 42.5 Å². The summed E-state index contributed by atoms with van der Waals surface area (Å²) in [6.45, 7) is 5.26. The molecule has 1 aliphatic heterocycles. The highest BCUT2D eigenvalue weighted by molar-refractivity contribution is 6.37. The molecule has 2 fully saturated rings. The monoisotopic (exact) mass is 473 g/mol. The zero-order chi connectivity index (χ0) is 23.1. The number of nitrogens with zero attached hydrogens (tertiary/aromatic N) is 1. The van der Waals surface area contributed by atoms with Gasteiger partial charge in [0.1, 0.15) is 0 Å². The van der Waals surface area contributed by atoms with Crippen molar-refractivity contribution in [2.45, 2.75) is 51.6 Å². The first kappa shape index (κ1) is 23.1. The standard InChI is InChI=1S/C25H29Cl2N3O2/c1-24(2)11-12-25(28)17(15-24)4-3-13-30(25)23(32)16-5-8-19(9-6-16)29-22(31)20-10-7-18(26)14-21(20)27/h5-10,14,17H,3-4,11-13,15,28H2,1-2H3,(H,29,31)/t17-,25-/m0/s1. The largest absolute Gasteiger partial charge is 0.322 e. The molecule has 2 atom stereocenters. The van der Waals surface area contributed by atoms with E-state index in [1.54, 1.807) is 36.4 Å². The Bertz CT molecular complexity index is 1040. The van der Waals surface area contributed by atoms with Gasteiger partial charge >= 0.3 is 0 Å². The lowest BCUT2D eigenvalue weighted by Gasteiger charge is -2.55. The van der Waals surface area contributed by atoms with E-state index < -0.39 is 5.66 Å². The lowest BCUT2D eigenvalue weighted by molar-refractivity contribution is -0.0451. The molecular weight excluding hydrogens is 445 g/mol. The van der Waals surface area contributed by atoms with Crippen molar-refractivity contribution >= 4 is 40.7 Å². The highest BCUT2D eigenvalue weighted by Crippen LogP contribution is 2.48. The maximum absolute atomic E-state index is 13.4. The minimum absolute atomic E-state index is 0.0458. The van der Waals surface area contributed by atoms with Crippen molar-refractivity contribution < 1.29 is 9.59 Å². The Balaban J connectivity index is 1.48. The highest BCUT2D eigenvalue weighted by atomic mass is 35.5. The van der Waals surface area contributed by atoms with Gasteiger partial charge in [0.05, 0.1) is 16.2 Å². The fourth-order valence-corrected chi connectivity index (χ4v) is 5.61. The first-order valence-corrected chi connectivity index (χ1v) is 11.8. The molecular formula is C25H29Cl2N3O2. The number of rotatable bonds is 3. The zero-order valence-electron chi connectivity index (χ0n) is 18.5. The number of fused-ring (bicyclic) bond motifs is 1. The van der Waals surface area contributed by atoms with Gasteiger partial charge < -0.3 is 16.0 Å². The predicted octanol–water partition coefficient (Wildman–Crippen LogP) is 5.96. The van der Waals surface area contributed by atoms with Crippen LogP contribution in [-0.2, 0) is 0 Å². The van der Waals surface area contributed by atoms with Gasteiger partial charge in [0, 0.05) is 22.8 Å². The number of nitrogens with one attached hydrogen (secondary N) is 1. The number of piperidine rings is 1. The van der Waals surface area contributed by atoms with E-state index in [-0.39, 0.29) is 22.3 Å². The number of carbonyl (C=O) groups excluding carboxylic acids is 2. The number of benzene rings is 2. The van der Waals surface area contributed by atoms with Crippen molar-refractivity contribution in [3.63, 3.8) is 0 Å². The third kappa shape index (κ3) is 4.52. The Hall–Kier alpha value is -2.08. The maximum Gasteiger partial charge on any atom is 0.257 e. The Morgan fingerprint density at radius 1 is 1.09 bits per heavy atom. The molecule has 0 bridgehead atoms. The number of likely N-dealkylation sites (tertiary alicyclic amines) is 1. The minimum atomic E-state index is -0.580. The summed E-state index contributed by atoms with van der Waals surface area (Å²) in [5.74, 6) is -0.0579. The Morgan fingerprint density at radius 2 is 1.81 bits per heavy atom. The van der Waals surface area contributed by atoms with E-state index in [1.165, 1.54) is 6.07 Å². The van der Waals surface area contributed by atoms with Crippen LogP contribution < -0.4 is 11.1 Å². The number of halogens is 2. The fourth-order valence-electron chi connectivity index (χ4n) is 5.11. The molecule has 1 heterocycles. The number of nitrogens with two attached hydrogens (primary N) is 1. The Morgan fingerprint density at radius 3 is 2.50 bits per heavy atom. The molecule has 1 saturated carbocycles. The summed E-state index contributed by atoms with van der Waals surface area (Å²) in [4.78, 5) is 27.8. The third-order valence-corrected chi connectivity index (χ3v) is 7.50. The van der Waals surface area contributed by atoms with Crippen LogP contribution in [-0.4, -0.2) is 28.9 Å². The average molecular weight is 474 g/mol. The molecule has 0 aromatic heterocycles. The van der Waals surface area contributed by atoms with Crippen LogP contribution >= 0.6 is 23.2 Å². The van der Waals surface area contributed by atoms with E-state index in [2.05, 4.69) is 19.2 Å². The van der Waals surface area contributed by atoms with Crippen LogP contribution in [0.2, 0.25) is 10.0 Å². The molecule has 2 aromatic carbocycles. The van der Waals surface area contributed by atoms with Crippen molar-refractivity contribution in [3.05, 3.63) is 63.6 Å². The van der Waals surface area contributed by atoms with Crippen molar-refractivity contribution in [1.29, 1.82) is 0 Å². The van der Waals surface area contributed by atoms with Gasteiger partial charge in [0.2, 0.25) is 0 Å². The third-order valence-electron chi connectivity index (χ3n) is 6.96. The molecule has 5 nitrogen and oxygen atoms in total. The second-order valence-corrected chi connectivity index (χ2v) is 10.7. The summed E-state index contributed by atoms with van der Waals surface area (Å²) in [6, 6.07) is 11.7. The molecule has 2 aliphatic rings. The summed E-state index contributed by atoms with van der Waals surface area (Å²) in [5, 5.41) is 3.56. The molecule has 0 radical (unpaired) electrons. The van der Waals surface area contributed by atoms with Gasteiger partial charge in [-0.05, 0) is 85.9 Å². The minimum Gasteiger partial charge on any atom is -0.322 e. The topological polar surface area (TPSA) is 75.4 Å². The van der Waals surface area contributed by atoms with Gasteiger partial charge in [-0.15, -0.1) is 0 Å². The second-order valence-electron chi connectivity index (χ2n) is 9.81. The SMILES string of the molecule is CC1(C)CC[C@@]2(N)[C@@H](CCCN2C(=O)c2ccc(NC(=O)c3ccc(Cl)cc3Cl)cc2)C1. The summed E-state index contributed by atoms with van der Waals surface area (Å²) >= 11 is 12.0. The Labute approximate surface area is 199 Å². The van der Waals surface area contributed by atoms with Crippen molar-refractivity contribution in [2.75, 3.05) is 11.9 Å². The molecule has 1 aliphatic carbocycles. The lowest BCUT2D eigenvalue weighted by Crippen LogP contribution is -2.67. The van der Waals surface area contributed by atoms with E-state index in [4.69, 9.17) is 28.9 Å². The van der Waals surface area contributed by atoms with E-state index in [0.29, 0.717) is 34.3 Å². The number of anilines is 1. The molecule has 0 spiro atoms. The smallest absolute Gasteiger partial charge is 0.257 e. The fraction of sp³-hybridized carbons (Fsp3) is 0.440. The van der Waals surface area contributed by atoms with Gasteiger partial charge in [-0.25, -0.2) is 0 Å². The van der Waals surface area contributed by atoms with Crippen molar-refractivity contribution in [1.82, 2.24) is 4.90 Å². The summed E-state index contributed by atoms with van der Waals surface area (Å²) in [6.07, 6.45) is 4.93. The maximum atomic E-state index is 13.4. The average Bonchev–Trinajstić information content (AvgIpc) is 2.73. The molecule has 32 heavy (non-hydrogen) atoms. The normalized spacial score (nSPS) is 24.5. The van der Waals surface area contributed by atoms with Crippen LogP contribution in [0.1, 0.15) is 66.7 Å². The number of amides is 2. The van der Waals surface area contributed by atoms with Crippen LogP contribution in [0.5, 0.6) is 0 Å². The molecule has 3 N–H and O–H groups in total.